The summed E-state index contributed by atoms with van der Waals surface area (Å²) in [6, 6.07) is 8.83. The molecule has 0 bridgehead atoms. The number of hydrogen-bond acceptors (Lipinski definition) is 5. The lowest BCUT2D eigenvalue weighted by molar-refractivity contribution is -0.142. The molecule has 0 unspecified atom stereocenters. The number of carbonyl (C=O) groups excluding carboxylic acids is 2. The van der Waals surface area contributed by atoms with Gasteiger partial charge >= 0.3 is 11.7 Å². The Morgan fingerprint density at radius 2 is 1.91 bits per heavy atom. The van der Waals surface area contributed by atoms with E-state index in [0.29, 0.717) is 38.1 Å². The maximum absolute atomic E-state index is 13.2. The Morgan fingerprint density at radius 1 is 1.24 bits per heavy atom. The summed E-state index contributed by atoms with van der Waals surface area (Å²) in [6.07, 6.45) is 2.56. The molecule has 0 atom stereocenters. The number of anilines is 1. The number of amides is 1. The molecule has 1 amide bonds. The molecular weight excluding hydrogens is 533 g/mol. The van der Waals surface area contributed by atoms with E-state index in [-0.39, 0.29) is 16.7 Å². The number of nitrogens with one attached hydrogen (secondary N) is 3. The van der Waals surface area contributed by atoms with Crippen molar-refractivity contribution in [3.8, 4) is 5.69 Å². The van der Waals surface area contributed by atoms with Crippen molar-refractivity contribution in [2.45, 2.75) is 6.92 Å². The molecule has 0 aliphatic rings. The van der Waals surface area contributed by atoms with Crippen molar-refractivity contribution in [3.05, 3.63) is 79.7 Å². The molecule has 0 radical (unpaired) electrons. The minimum Gasteiger partial charge on any atom is -0.452 e. The normalized spacial score (nSPS) is 11.3. The van der Waals surface area contributed by atoms with Gasteiger partial charge in [-0.3, -0.25) is 4.79 Å². The second kappa shape index (κ2) is 9.65. The van der Waals surface area contributed by atoms with Crippen LogP contribution in [-0.2, 0) is 14.3 Å². The lowest BCUT2D eigenvalue weighted by Crippen LogP contribution is -2.20. The molecule has 2 aromatic heterocycles. The first kappa shape index (κ1) is 23.5. The molecule has 4 rings (SSSR count). The highest BCUT2D eigenvalue weighted by Gasteiger charge is 2.14. The lowest BCUT2D eigenvalue weighted by atomic mass is 10.2. The van der Waals surface area contributed by atoms with Crippen LogP contribution < -0.4 is 11.0 Å². The molecule has 2 heterocycles. The smallest absolute Gasteiger partial charge is 0.331 e. The topological polar surface area (TPSA) is 122 Å². The zero-order valence-electron chi connectivity index (χ0n) is 17.5. The lowest BCUT2D eigenvalue weighted by Gasteiger charge is -2.07. The van der Waals surface area contributed by atoms with Gasteiger partial charge in [0, 0.05) is 16.1 Å². The van der Waals surface area contributed by atoms with Crippen molar-refractivity contribution in [3.63, 3.8) is 0 Å². The zero-order valence-corrected chi connectivity index (χ0v) is 19.8. The van der Waals surface area contributed by atoms with Gasteiger partial charge in [0.2, 0.25) is 0 Å². The van der Waals surface area contributed by atoms with Crippen molar-refractivity contribution in [1.29, 1.82) is 0 Å². The first-order valence-corrected chi connectivity index (χ1v) is 11.0. The van der Waals surface area contributed by atoms with Crippen LogP contribution in [0.5, 0.6) is 0 Å². The number of H-pyrrole nitrogens is 2. The van der Waals surface area contributed by atoms with Crippen LogP contribution in [0.4, 0.5) is 10.1 Å². The molecular formula is C22H16BrClFN5O4. The molecule has 0 aliphatic heterocycles. The minimum absolute atomic E-state index is 0.231. The summed E-state index contributed by atoms with van der Waals surface area (Å²) < 4.78 is 20.1. The number of imidazole rings is 1. The summed E-state index contributed by atoms with van der Waals surface area (Å²) in [5, 5.41) is 7.14. The summed E-state index contributed by atoms with van der Waals surface area (Å²) in [7, 11) is 0. The van der Waals surface area contributed by atoms with Crippen molar-refractivity contribution in [2.75, 3.05) is 11.9 Å². The average Bonchev–Trinajstić information content (AvgIpc) is 3.29. The van der Waals surface area contributed by atoms with Crippen LogP contribution in [0, 0.1) is 12.7 Å². The van der Waals surface area contributed by atoms with Gasteiger partial charge in [-0.15, -0.1) is 0 Å². The average molecular weight is 549 g/mol. The number of aryl methyl sites for hydroxylation is 1. The van der Waals surface area contributed by atoms with Gasteiger partial charge in [0.05, 0.1) is 28.1 Å². The van der Waals surface area contributed by atoms with E-state index < -0.39 is 18.5 Å². The number of benzene rings is 2. The fourth-order valence-electron chi connectivity index (χ4n) is 3.13. The van der Waals surface area contributed by atoms with Crippen LogP contribution in [0.1, 0.15) is 11.3 Å². The Kier molecular flexibility index (Phi) is 6.66. The second-order valence-electron chi connectivity index (χ2n) is 7.12. The molecule has 0 fully saturated rings. The number of fused-ring (bicyclic) bond motifs is 1. The largest absolute Gasteiger partial charge is 0.452 e. The van der Waals surface area contributed by atoms with Gasteiger partial charge in [0.1, 0.15) is 11.0 Å². The van der Waals surface area contributed by atoms with E-state index in [1.807, 2.05) is 0 Å². The van der Waals surface area contributed by atoms with Gasteiger partial charge in [-0.25, -0.2) is 18.7 Å². The van der Waals surface area contributed by atoms with Crippen molar-refractivity contribution in [2.24, 2.45) is 0 Å². The van der Waals surface area contributed by atoms with Crippen LogP contribution >= 0.6 is 27.5 Å². The van der Waals surface area contributed by atoms with Crippen molar-refractivity contribution < 1.29 is 18.7 Å². The first-order chi connectivity index (χ1) is 16.2. The van der Waals surface area contributed by atoms with E-state index in [0.717, 1.165) is 6.08 Å². The fourth-order valence-corrected chi connectivity index (χ4v) is 3.91. The number of esters is 1. The molecule has 0 aliphatic carbocycles. The van der Waals surface area contributed by atoms with E-state index >= 15 is 0 Å². The third-order valence-corrected chi connectivity index (χ3v) is 5.75. The van der Waals surface area contributed by atoms with E-state index in [9.17, 15) is 18.8 Å². The maximum atomic E-state index is 13.2. The molecule has 12 heteroatoms. The SMILES string of the molecule is Cc1nn(-c2ccc(F)cc2)c(Cl)c1/C=C/C(=O)OCC(=O)Nc1cc2[nH]c(=O)[nH]c2cc1Br. The highest BCUT2D eigenvalue weighted by Crippen LogP contribution is 2.27. The van der Waals surface area contributed by atoms with E-state index in [2.05, 4.69) is 36.3 Å². The molecule has 174 valence electrons. The predicted octanol–water partition coefficient (Wildman–Crippen LogP) is 4.10. The summed E-state index contributed by atoms with van der Waals surface area (Å²) in [5.74, 6) is -1.72. The maximum Gasteiger partial charge on any atom is 0.331 e. The number of hydrogen-bond donors (Lipinski definition) is 3. The molecule has 0 saturated carbocycles. The number of halogens is 3. The number of ether oxygens (including phenoxy) is 1. The number of rotatable bonds is 6. The van der Waals surface area contributed by atoms with Crippen LogP contribution in [0.3, 0.4) is 0 Å². The Labute approximate surface area is 204 Å². The highest BCUT2D eigenvalue weighted by molar-refractivity contribution is 9.10. The third kappa shape index (κ3) is 5.10. The monoisotopic (exact) mass is 547 g/mol. The number of carbonyl (C=O) groups is 2. The fraction of sp³-hybridized carbons (Fsp3) is 0.0909. The van der Waals surface area contributed by atoms with Gasteiger partial charge in [-0.1, -0.05) is 11.6 Å². The van der Waals surface area contributed by atoms with Crippen LogP contribution in [0.15, 0.2) is 51.7 Å². The summed E-state index contributed by atoms with van der Waals surface area (Å²) in [5.41, 5.74) is 2.69. The van der Waals surface area contributed by atoms with Gasteiger partial charge < -0.3 is 20.0 Å². The molecule has 34 heavy (non-hydrogen) atoms. The molecule has 0 saturated heterocycles. The standard InChI is InChI=1S/C22H16BrClFN5O4/c1-11-14(21(24)30(29-11)13-4-2-12(25)3-5-13)6-7-20(32)34-10-19(31)26-16-9-18-17(8-15(16)23)27-22(33)28-18/h2-9H,10H2,1H3,(H,26,31)(H2,27,28,33)/b7-6+. The molecule has 9 nitrogen and oxygen atoms in total. The van der Waals surface area contributed by atoms with Gasteiger partial charge in [0.15, 0.2) is 6.61 Å². The number of aromatic nitrogens is 4. The van der Waals surface area contributed by atoms with Crippen LogP contribution in [-0.4, -0.2) is 38.2 Å². The highest BCUT2D eigenvalue weighted by atomic mass is 79.9. The minimum atomic E-state index is -0.760. The Bertz CT molecular complexity index is 1490. The van der Waals surface area contributed by atoms with E-state index in [4.69, 9.17) is 16.3 Å². The van der Waals surface area contributed by atoms with Gasteiger partial charge in [-0.05, 0) is 65.3 Å². The first-order valence-electron chi connectivity index (χ1n) is 9.78. The van der Waals surface area contributed by atoms with Crippen molar-refractivity contribution in [1.82, 2.24) is 19.7 Å². The number of nitrogens with zero attached hydrogens (tertiary/aromatic N) is 2. The molecule has 3 N–H and O–H groups in total. The van der Waals surface area contributed by atoms with Crippen LogP contribution in [0.25, 0.3) is 22.8 Å². The Morgan fingerprint density at radius 3 is 2.62 bits per heavy atom. The Balaban J connectivity index is 1.38. The van der Waals surface area contributed by atoms with Crippen molar-refractivity contribution >= 4 is 62.2 Å². The van der Waals surface area contributed by atoms with E-state index in [1.54, 1.807) is 19.1 Å². The Hall–Kier alpha value is -3.70. The van der Waals surface area contributed by atoms with Gasteiger partial charge in [-0.2, -0.15) is 5.10 Å². The molecule has 0 spiro atoms. The second-order valence-corrected chi connectivity index (χ2v) is 8.34. The quantitative estimate of drug-likeness (QED) is 0.247. The van der Waals surface area contributed by atoms with Gasteiger partial charge in [0.25, 0.3) is 5.91 Å². The van der Waals surface area contributed by atoms with Crippen LogP contribution in [0.2, 0.25) is 5.15 Å². The third-order valence-electron chi connectivity index (χ3n) is 4.73. The predicted molar refractivity (Wildman–Crippen MR) is 129 cm³/mol. The molecule has 2 aromatic carbocycles. The molecule has 4 aromatic rings. The number of aromatic amines is 2. The zero-order chi connectivity index (χ0) is 24.4. The van der Waals surface area contributed by atoms with E-state index in [1.165, 1.54) is 35.0 Å². The summed E-state index contributed by atoms with van der Waals surface area (Å²) in [6.45, 7) is 1.18. The summed E-state index contributed by atoms with van der Waals surface area (Å²) in [4.78, 5) is 40.9. The summed E-state index contributed by atoms with van der Waals surface area (Å²) >= 11 is 9.69.